The summed E-state index contributed by atoms with van der Waals surface area (Å²) in [6, 6.07) is 2.48. The molecule has 1 aromatic rings. The Balaban J connectivity index is 2.58. The second-order valence-electron chi connectivity index (χ2n) is 3.70. The van der Waals surface area contributed by atoms with Gasteiger partial charge in [-0.1, -0.05) is 11.6 Å². The molecule has 1 atom stereocenters. The molecule has 0 aliphatic carbocycles. The zero-order valence-electron chi connectivity index (χ0n) is 8.91. The van der Waals surface area contributed by atoms with Crippen molar-refractivity contribution in [3.05, 3.63) is 22.7 Å². The summed E-state index contributed by atoms with van der Waals surface area (Å²) in [5.74, 6) is -0.268. The van der Waals surface area contributed by atoms with E-state index >= 15 is 0 Å². The molecule has 0 bridgehead atoms. The van der Waals surface area contributed by atoms with Gasteiger partial charge in [0.25, 0.3) is 5.91 Å². The highest BCUT2D eigenvalue weighted by Crippen LogP contribution is 2.30. The Kier molecular flexibility index (Phi) is 3.41. The number of carbonyl (C=O) groups is 1. The van der Waals surface area contributed by atoms with Gasteiger partial charge in [0.2, 0.25) is 10.0 Å². The summed E-state index contributed by atoms with van der Waals surface area (Å²) in [5, 5.41) is 10.4. The minimum atomic E-state index is -3.98. The molecule has 1 unspecified atom stereocenters. The van der Waals surface area contributed by atoms with Crippen molar-refractivity contribution in [2.45, 2.75) is 11.1 Å². The molecule has 1 aliphatic rings. The maximum Gasteiger partial charge on any atom is 0.255 e. The van der Waals surface area contributed by atoms with Gasteiger partial charge >= 0.3 is 0 Å². The van der Waals surface area contributed by atoms with Crippen LogP contribution in [0.3, 0.4) is 0 Å². The molecular formula is C9H9Cl2N3O3S. The molecule has 6 nitrogen and oxygen atoms in total. The van der Waals surface area contributed by atoms with E-state index in [0.717, 1.165) is 6.07 Å². The summed E-state index contributed by atoms with van der Waals surface area (Å²) >= 11 is 11.5. The average Bonchev–Trinajstić information content (AvgIpc) is 2.26. The summed E-state index contributed by atoms with van der Waals surface area (Å²) in [5.41, 5.74) is 0.576. The predicted molar refractivity (Wildman–Crippen MR) is 68.4 cm³/mol. The molecule has 0 saturated heterocycles. The number of alkyl halides is 1. The Labute approximate surface area is 113 Å². The number of benzene rings is 1. The lowest BCUT2D eigenvalue weighted by Gasteiger charge is -2.26. The molecule has 18 heavy (non-hydrogen) atoms. The van der Waals surface area contributed by atoms with Crippen molar-refractivity contribution in [2.24, 2.45) is 5.14 Å². The van der Waals surface area contributed by atoms with E-state index in [1.807, 2.05) is 0 Å². The van der Waals surface area contributed by atoms with Gasteiger partial charge in [0, 0.05) is 0 Å². The fourth-order valence-corrected chi connectivity index (χ4v) is 2.87. The summed E-state index contributed by atoms with van der Waals surface area (Å²) in [6.45, 7) is 0. The maximum absolute atomic E-state index is 11.8. The van der Waals surface area contributed by atoms with Crippen LogP contribution in [0, 0.1) is 0 Å². The Morgan fingerprint density at radius 3 is 2.56 bits per heavy atom. The van der Waals surface area contributed by atoms with Gasteiger partial charge in [-0.15, -0.1) is 11.6 Å². The maximum atomic E-state index is 11.8. The average molecular weight is 310 g/mol. The fourth-order valence-electron chi connectivity index (χ4n) is 1.62. The number of hydrogen-bond donors (Lipinski definition) is 3. The lowest BCUT2D eigenvalue weighted by atomic mass is 10.1. The van der Waals surface area contributed by atoms with Crippen molar-refractivity contribution in [3.63, 3.8) is 0 Å². The molecule has 9 heteroatoms. The van der Waals surface area contributed by atoms with Crippen LogP contribution in [0.5, 0.6) is 0 Å². The van der Waals surface area contributed by atoms with E-state index < -0.39 is 22.1 Å². The number of rotatable bonds is 2. The van der Waals surface area contributed by atoms with Gasteiger partial charge in [-0.25, -0.2) is 13.6 Å². The van der Waals surface area contributed by atoms with E-state index in [-0.39, 0.29) is 21.4 Å². The number of anilines is 1. The van der Waals surface area contributed by atoms with Crippen LogP contribution in [0.25, 0.3) is 0 Å². The first-order chi connectivity index (χ1) is 8.32. The third kappa shape index (κ3) is 2.39. The lowest BCUT2D eigenvalue weighted by Crippen LogP contribution is -2.46. The number of hydrogen-bond acceptors (Lipinski definition) is 4. The van der Waals surface area contributed by atoms with Crippen LogP contribution in [0.4, 0.5) is 5.69 Å². The highest BCUT2D eigenvalue weighted by Gasteiger charge is 2.26. The number of carbonyl (C=O) groups excluding carboxylic acids is 1. The Bertz CT molecular complexity index is 618. The minimum Gasteiger partial charge on any atom is -0.364 e. The lowest BCUT2D eigenvalue weighted by molar-refractivity contribution is 0.0939. The largest absolute Gasteiger partial charge is 0.364 e. The van der Waals surface area contributed by atoms with Crippen molar-refractivity contribution in [2.75, 3.05) is 11.2 Å². The van der Waals surface area contributed by atoms with E-state index in [2.05, 4.69) is 10.6 Å². The van der Waals surface area contributed by atoms with Crippen molar-refractivity contribution < 1.29 is 13.2 Å². The van der Waals surface area contributed by atoms with E-state index in [4.69, 9.17) is 28.3 Å². The monoisotopic (exact) mass is 309 g/mol. The highest BCUT2D eigenvalue weighted by molar-refractivity contribution is 7.89. The number of nitrogens with one attached hydrogen (secondary N) is 2. The Morgan fingerprint density at radius 1 is 1.33 bits per heavy atom. The van der Waals surface area contributed by atoms with Crippen molar-refractivity contribution in [3.8, 4) is 0 Å². The molecule has 1 aliphatic heterocycles. The van der Waals surface area contributed by atoms with Crippen molar-refractivity contribution >= 4 is 44.8 Å². The number of amides is 1. The zero-order chi connectivity index (χ0) is 13.5. The molecule has 2 rings (SSSR count). The third-order valence-corrected chi connectivity index (χ3v) is 4.10. The molecule has 1 heterocycles. The van der Waals surface area contributed by atoms with Gasteiger partial charge in [-0.05, 0) is 12.1 Å². The van der Waals surface area contributed by atoms with Gasteiger partial charge in [-0.2, -0.15) is 0 Å². The normalized spacial score (nSPS) is 18.8. The summed E-state index contributed by atoms with van der Waals surface area (Å²) in [4.78, 5) is 11.5. The van der Waals surface area contributed by atoms with Crippen molar-refractivity contribution in [1.29, 1.82) is 0 Å². The summed E-state index contributed by atoms with van der Waals surface area (Å²) in [7, 11) is -3.98. The van der Waals surface area contributed by atoms with Gasteiger partial charge in [-0.3, -0.25) is 4.79 Å². The van der Waals surface area contributed by atoms with Crippen LogP contribution in [0.1, 0.15) is 10.4 Å². The molecule has 0 spiro atoms. The fraction of sp³-hybridized carbons (Fsp3) is 0.222. The SMILES string of the molecule is NS(=O)(=O)c1cc2c(cc1Cl)NC(CCl)NC2=O. The van der Waals surface area contributed by atoms with Gasteiger partial charge in [0.05, 0.1) is 22.2 Å². The molecule has 1 amide bonds. The first kappa shape index (κ1) is 13.4. The number of fused-ring (bicyclic) bond motifs is 1. The van der Waals surface area contributed by atoms with Crippen LogP contribution in [0.2, 0.25) is 5.02 Å². The van der Waals surface area contributed by atoms with Crippen LogP contribution >= 0.6 is 23.2 Å². The standard InChI is InChI=1S/C9H9Cl2N3O3S/c10-3-8-13-6-2-5(11)7(18(12,16)17)1-4(6)9(15)14-8/h1-2,8,13H,3H2,(H,14,15)(H2,12,16,17). The van der Waals surface area contributed by atoms with Crippen LogP contribution in [-0.2, 0) is 10.0 Å². The van der Waals surface area contributed by atoms with E-state index in [1.54, 1.807) is 0 Å². The molecule has 0 aromatic heterocycles. The van der Waals surface area contributed by atoms with Crippen LogP contribution in [0.15, 0.2) is 17.0 Å². The van der Waals surface area contributed by atoms with E-state index in [9.17, 15) is 13.2 Å². The molecular weight excluding hydrogens is 301 g/mol. The third-order valence-electron chi connectivity index (χ3n) is 2.41. The molecule has 1 aromatic carbocycles. The molecule has 0 fully saturated rings. The Morgan fingerprint density at radius 2 is 2.00 bits per heavy atom. The quantitative estimate of drug-likeness (QED) is 0.700. The first-order valence-electron chi connectivity index (χ1n) is 4.82. The second-order valence-corrected chi connectivity index (χ2v) is 5.94. The summed E-state index contributed by atoms with van der Waals surface area (Å²) < 4.78 is 22.6. The zero-order valence-corrected chi connectivity index (χ0v) is 11.2. The molecule has 0 radical (unpaired) electrons. The number of nitrogens with two attached hydrogens (primary N) is 1. The number of primary sulfonamides is 1. The summed E-state index contributed by atoms with van der Waals surface area (Å²) in [6.07, 6.45) is -0.428. The number of sulfonamides is 1. The minimum absolute atomic E-state index is 0.0493. The van der Waals surface area contributed by atoms with Gasteiger partial charge in [0.15, 0.2) is 0 Å². The highest BCUT2D eigenvalue weighted by atomic mass is 35.5. The number of halogens is 2. The van der Waals surface area contributed by atoms with E-state index in [0.29, 0.717) is 5.69 Å². The van der Waals surface area contributed by atoms with Crippen LogP contribution in [-0.4, -0.2) is 26.4 Å². The topological polar surface area (TPSA) is 101 Å². The van der Waals surface area contributed by atoms with Crippen LogP contribution < -0.4 is 15.8 Å². The van der Waals surface area contributed by atoms with E-state index in [1.165, 1.54) is 6.07 Å². The molecule has 98 valence electrons. The Hall–Kier alpha value is -1.02. The molecule has 4 N–H and O–H groups in total. The second kappa shape index (κ2) is 4.58. The first-order valence-corrected chi connectivity index (χ1v) is 7.28. The predicted octanol–water partition coefficient (Wildman–Crippen LogP) is 0.708. The van der Waals surface area contributed by atoms with Crippen molar-refractivity contribution in [1.82, 2.24) is 5.32 Å². The van der Waals surface area contributed by atoms with Gasteiger partial charge < -0.3 is 10.6 Å². The van der Waals surface area contributed by atoms with Gasteiger partial charge in [0.1, 0.15) is 11.1 Å². The molecule has 0 saturated carbocycles. The smallest absolute Gasteiger partial charge is 0.255 e.